The Bertz CT molecular complexity index is 568. The molecule has 1 aliphatic rings. The molecule has 1 heterocycles. The lowest BCUT2D eigenvalue weighted by Gasteiger charge is -2.17. The SMILES string of the molecule is CC(C)(C#N)c1ccc(NC(=O)C2=COCCO2)cc1. The normalized spacial score (nSPS) is 14.3. The Morgan fingerprint density at radius 2 is 2.00 bits per heavy atom. The average molecular weight is 272 g/mol. The van der Waals surface area contributed by atoms with Gasteiger partial charge >= 0.3 is 0 Å². The van der Waals surface area contributed by atoms with Crippen molar-refractivity contribution >= 4 is 11.6 Å². The number of hydrogen-bond acceptors (Lipinski definition) is 4. The smallest absolute Gasteiger partial charge is 0.294 e. The van der Waals surface area contributed by atoms with Crippen LogP contribution in [0, 0.1) is 11.3 Å². The third kappa shape index (κ3) is 3.09. The van der Waals surface area contributed by atoms with E-state index in [4.69, 9.17) is 14.7 Å². The first-order valence-corrected chi connectivity index (χ1v) is 6.30. The first-order chi connectivity index (χ1) is 9.53. The van der Waals surface area contributed by atoms with Crippen molar-refractivity contribution in [3.05, 3.63) is 41.9 Å². The lowest BCUT2D eigenvalue weighted by atomic mass is 9.86. The van der Waals surface area contributed by atoms with Gasteiger partial charge in [-0.05, 0) is 31.5 Å². The Kier molecular flexibility index (Phi) is 3.94. The number of benzene rings is 1. The van der Waals surface area contributed by atoms with Gasteiger partial charge in [0, 0.05) is 5.69 Å². The van der Waals surface area contributed by atoms with E-state index in [1.54, 1.807) is 12.1 Å². The van der Waals surface area contributed by atoms with E-state index in [2.05, 4.69) is 11.4 Å². The molecule has 2 rings (SSSR count). The van der Waals surface area contributed by atoms with Crippen molar-refractivity contribution in [2.75, 3.05) is 18.5 Å². The molecule has 0 aliphatic carbocycles. The summed E-state index contributed by atoms with van der Waals surface area (Å²) in [7, 11) is 0. The van der Waals surface area contributed by atoms with Crippen LogP contribution in [0.5, 0.6) is 0 Å². The van der Waals surface area contributed by atoms with Crippen LogP contribution >= 0.6 is 0 Å². The van der Waals surface area contributed by atoms with E-state index in [-0.39, 0.29) is 11.7 Å². The Morgan fingerprint density at radius 1 is 1.30 bits per heavy atom. The van der Waals surface area contributed by atoms with Gasteiger partial charge in [-0.1, -0.05) is 12.1 Å². The van der Waals surface area contributed by atoms with Crippen LogP contribution in [0.25, 0.3) is 0 Å². The highest BCUT2D eigenvalue weighted by Crippen LogP contribution is 2.23. The van der Waals surface area contributed by atoms with Crippen LogP contribution in [0.4, 0.5) is 5.69 Å². The zero-order valence-corrected chi connectivity index (χ0v) is 11.5. The van der Waals surface area contributed by atoms with Crippen molar-refractivity contribution in [2.24, 2.45) is 0 Å². The molecular formula is C15H16N2O3. The minimum atomic E-state index is -0.550. The summed E-state index contributed by atoms with van der Waals surface area (Å²) in [5.41, 5.74) is 0.989. The molecule has 0 saturated heterocycles. The molecule has 0 radical (unpaired) electrons. The summed E-state index contributed by atoms with van der Waals surface area (Å²) in [6.45, 7) is 4.51. The van der Waals surface area contributed by atoms with E-state index in [0.717, 1.165) is 5.56 Å². The number of nitrogens with one attached hydrogen (secondary N) is 1. The molecule has 5 heteroatoms. The van der Waals surface area contributed by atoms with Gasteiger partial charge in [-0.3, -0.25) is 4.79 Å². The molecule has 0 unspecified atom stereocenters. The van der Waals surface area contributed by atoms with Crippen LogP contribution in [0.15, 0.2) is 36.3 Å². The van der Waals surface area contributed by atoms with E-state index >= 15 is 0 Å². The van der Waals surface area contributed by atoms with Crippen molar-refractivity contribution in [1.82, 2.24) is 0 Å². The first-order valence-electron chi connectivity index (χ1n) is 6.30. The van der Waals surface area contributed by atoms with E-state index in [0.29, 0.717) is 18.9 Å². The zero-order chi connectivity index (χ0) is 14.6. The van der Waals surface area contributed by atoms with Crippen molar-refractivity contribution in [1.29, 1.82) is 5.26 Å². The number of nitriles is 1. The number of carbonyl (C=O) groups excluding carboxylic acids is 1. The van der Waals surface area contributed by atoms with Crippen molar-refractivity contribution < 1.29 is 14.3 Å². The van der Waals surface area contributed by atoms with E-state index in [1.165, 1.54) is 6.26 Å². The maximum Gasteiger partial charge on any atom is 0.294 e. The topological polar surface area (TPSA) is 71.4 Å². The predicted octanol–water partition coefficient (Wildman–Crippen LogP) is 2.31. The van der Waals surface area contributed by atoms with Crippen molar-refractivity contribution in [2.45, 2.75) is 19.3 Å². The Hall–Kier alpha value is -2.48. The summed E-state index contributed by atoms with van der Waals surface area (Å²) >= 11 is 0. The monoisotopic (exact) mass is 272 g/mol. The van der Waals surface area contributed by atoms with E-state index in [9.17, 15) is 4.79 Å². The summed E-state index contributed by atoms with van der Waals surface area (Å²) in [5, 5.41) is 11.8. The fourth-order valence-electron chi connectivity index (χ4n) is 1.71. The molecule has 1 aliphatic heterocycles. The molecule has 0 aromatic heterocycles. The Morgan fingerprint density at radius 3 is 2.55 bits per heavy atom. The van der Waals surface area contributed by atoms with Gasteiger partial charge in [0.15, 0.2) is 0 Å². The van der Waals surface area contributed by atoms with Gasteiger partial charge in [0.2, 0.25) is 5.76 Å². The molecule has 0 atom stereocenters. The van der Waals surface area contributed by atoms with Gasteiger partial charge in [0.05, 0.1) is 11.5 Å². The van der Waals surface area contributed by atoms with Crippen molar-refractivity contribution in [3.63, 3.8) is 0 Å². The highest BCUT2D eigenvalue weighted by atomic mass is 16.6. The van der Waals surface area contributed by atoms with Crippen LogP contribution in [-0.2, 0) is 19.7 Å². The maximum atomic E-state index is 11.9. The molecule has 0 spiro atoms. The maximum absolute atomic E-state index is 11.9. The van der Waals surface area contributed by atoms with Gasteiger partial charge in [-0.15, -0.1) is 0 Å². The molecule has 0 saturated carbocycles. The lowest BCUT2D eigenvalue weighted by Crippen LogP contribution is -2.21. The van der Waals surface area contributed by atoms with Crippen LogP contribution in [0.1, 0.15) is 19.4 Å². The fraction of sp³-hybridized carbons (Fsp3) is 0.333. The third-order valence-electron chi connectivity index (χ3n) is 3.02. The second kappa shape index (κ2) is 5.66. The number of amides is 1. The highest BCUT2D eigenvalue weighted by Gasteiger charge is 2.20. The Balaban J connectivity index is 2.06. The largest absolute Gasteiger partial charge is 0.494 e. The van der Waals surface area contributed by atoms with Crippen LogP contribution in [-0.4, -0.2) is 19.1 Å². The number of ether oxygens (including phenoxy) is 2. The molecule has 1 amide bonds. The van der Waals surface area contributed by atoms with Crippen LogP contribution < -0.4 is 5.32 Å². The number of rotatable bonds is 3. The predicted molar refractivity (Wildman–Crippen MR) is 73.7 cm³/mol. The zero-order valence-electron chi connectivity index (χ0n) is 11.5. The molecule has 1 aromatic carbocycles. The Labute approximate surface area is 117 Å². The van der Waals surface area contributed by atoms with E-state index in [1.807, 2.05) is 26.0 Å². The number of anilines is 1. The van der Waals surface area contributed by atoms with Gasteiger partial charge < -0.3 is 14.8 Å². The standard InChI is InChI=1S/C15H16N2O3/c1-15(2,10-16)11-3-5-12(6-4-11)17-14(18)13-9-19-7-8-20-13/h3-6,9H,7-8H2,1-2H3,(H,17,18). The third-order valence-corrected chi connectivity index (χ3v) is 3.02. The molecule has 0 fully saturated rings. The number of nitrogens with zero attached hydrogens (tertiary/aromatic N) is 1. The summed E-state index contributed by atoms with van der Waals surface area (Å²) in [6.07, 6.45) is 1.31. The quantitative estimate of drug-likeness (QED) is 0.916. The van der Waals surface area contributed by atoms with Gasteiger partial charge in [-0.2, -0.15) is 5.26 Å². The van der Waals surface area contributed by atoms with Crippen LogP contribution in [0.3, 0.4) is 0 Å². The van der Waals surface area contributed by atoms with Crippen molar-refractivity contribution in [3.8, 4) is 6.07 Å². The molecule has 1 aromatic rings. The summed E-state index contributed by atoms with van der Waals surface area (Å²) in [4.78, 5) is 11.9. The summed E-state index contributed by atoms with van der Waals surface area (Å²) < 4.78 is 10.2. The van der Waals surface area contributed by atoms with Gasteiger partial charge in [-0.25, -0.2) is 0 Å². The highest BCUT2D eigenvalue weighted by molar-refractivity contribution is 6.02. The van der Waals surface area contributed by atoms with E-state index < -0.39 is 5.41 Å². The molecule has 104 valence electrons. The second-order valence-electron chi connectivity index (χ2n) is 4.97. The molecule has 1 N–H and O–H groups in total. The molecule has 0 bridgehead atoms. The summed E-state index contributed by atoms with van der Waals surface area (Å²) in [6, 6.07) is 9.41. The van der Waals surface area contributed by atoms with Gasteiger partial charge in [0.25, 0.3) is 5.91 Å². The summed E-state index contributed by atoms with van der Waals surface area (Å²) in [5.74, 6) is -0.185. The molecular weight excluding hydrogens is 256 g/mol. The molecule has 20 heavy (non-hydrogen) atoms. The number of carbonyl (C=O) groups is 1. The minimum Gasteiger partial charge on any atom is -0.494 e. The fourth-order valence-corrected chi connectivity index (χ4v) is 1.71. The molecule has 5 nitrogen and oxygen atoms in total. The number of hydrogen-bond donors (Lipinski definition) is 1. The minimum absolute atomic E-state index is 0.165. The average Bonchev–Trinajstić information content (AvgIpc) is 2.48. The first kappa shape index (κ1) is 13.9. The second-order valence-corrected chi connectivity index (χ2v) is 4.97. The van der Waals surface area contributed by atoms with Crippen LogP contribution in [0.2, 0.25) is 0 Å². The lowest BCUT2D eigenvalue weighted by molar-refractivity contribution is -0.117. The van der Waals surface area contributed by atoms with Gasteiger partial charge in [0.1, 0.15) is 19.5 Å².